The van der Waals surface area contributed by atoms with Gasteiger partial charge in [-0.25, -0.2) is 23.3 Å². The Morgan fingerprint density at radius 3 is 1.24 bits per heavy atom. The van der Waals surface area contributed by atoms with Gasteiger partial charge in [0.25, 0.3) is 0 Å². The van der Waals surface area contributed by atoms with Gasteiger partial charge in [-0.15, -0.1) is 12.8 Å². The van der Waals surface area contributed by atoms with E-state index in [-0.39, 0.29) is 37.7 Å². The zero-order valence-corrected chi connectivity index (χ0v) is 25.7. The zero-order valence-electron chi connectivity index (χ0n) is 23.2. The van der Waals surface area contributed by atoms with Crippen LogP contribution in [0.4, 0.5) is 26.3 Å². The van der Waals surface area contributed by atoms with Crippen LogP contribution in [0.3, 0.4) is 0 Å². The molecule has 2 nitrogen and oxygen atoms in total. The van der Waals surface area contributed by atoms with Crippen molar-refractivity contribution in [1.82, 2.24) is 0 Å². The molecule has 0 spiro atoms. The number of aromatic hydroxyl groups is 2. The van der Waals surface area contributed by atoms with Crippen molar-refractivity contribution in [1.29, 1.82) is 0 Å². The van der Waals surface area contributed by atoms with Crippen LogP contribution in [0.25, 0.3) is 0 Å². The molecule has 0 atom stereocenters. The molecule has 0 saturated heterocycles. The van der Waals surface area contributed by atoms with Crippen LogP contribution in [0.5, 0.6) is 11.5 Å². The Kier molecular flexibility index (Phi) is 19.1. The van der Waals surface area contributed by atoms with Crippen molar-refractivity contribution in [2.45, 2.75) is 77.6 Å². The fourth-order valence-corrected chi connectivity index (χ4v) is 3.34. The molecule has 2 aromatic carbocycles. The van der Waals surface area contributed by atoms with Crippen LogP contribution in [0.15, 0.2) is 84.0 Å². The van der Waals surface area contributed by atoms with Crippen molar-refractivity contribution in [2.75, 3.05) is 0 Å². The number of phenols is 2. The van der Waals surface area contributed by atoms with E-state index in [4.69, 9.17) is 10.2 Å². The molecule has 0 aliphatic heterocycles. The first-order chi connectivity index (χ1) is 18.9. The van der Waals surface area contributed by atoms with E-state index in [9.17, 15) is 26.3 Å². The van der Waals surface area contributed by atoms with E-state index in [1.807, 2.05) is 0 Å². The van der Waals surface area contributed by atoms with Crippen molar-refractivity contribution in [2.24, 2.45) is 0 Å². The van der Waals surface area contributed by atoms with E-state index in [2.05, 4.69) is 50.3 Å². The summed E-state index contributed by atoms with van der Waals surface area (Å²) < 4.78 is 71.1. The molecule has 2 aliphatic rings. The number of hydrogen-bond acceptors (Lipinski definition) is 2. The molecule has 0 bridgehead atoms. The number of phenolic OH excluding ortho intramolecular Hbond substituents is 2. The third-order valence-corrected chi connectivity index (χ3v) is 5.48. The fraction of sp³-hybridized carbons (Fsp3) is 0.375. The van der Waals surface area contributed by atoms with Gasteiger partial charge in [-0.3, -0.25) is 12.2 Å². The Hall–Kier alpha value is -2.54. The van der Waals surface area contributed by atoms with Crippen molar-refractivity contribution < 1.29 is 62.8 Å². The molecule has 2 N–H and O–H groups in total. The first-order valence-electron chi connectivity index (χ1n) is 13.1. The summed E-state index contributed by atoms with van der Waals surface area (Å²) in [6, 6.07) is 7.85. The predicted octanol–water partition coefficient (Wildman–Crippen LogP) is 10.6. The van der Waals surface area contributed by atoms with Crippen molar-refractivity contribution >= 4 is 0 Å². The molecule has 41 heavy (non-hydrogen) atoms. The molecule has 0 unspecified atom stereocenters. The van der Waals surface area contributed by atoms with Gasteiger partial charge in [-0.05, 0) is 36.4 Å². The molecule has 4 rings (SSSR count). The van der Waals surface area contributed by atoms with Crippen molar-refractivity contribution in [3.05, 3.63) is 107 Å². The number of benzene rings is 2. The molecule has 0 amide bonds. The molecule has 0 heterocycles. The largest absolute Gasteiger partial charge is 2.00 e. The summed E-state index contributed by atoms with van der Waals surface area (Å²) in [5.74, 6) is -0.750. The Labute approximate surface area is 258 Å². The number of allylic oxidation sites excluding steroid dienone is 8. The Morgan fingerprint density at radius 1 is 0.659 bits per heavy atom. The number of halogens is 6. The zero-order chi connectivity index (χ0) is 30.0. The molecule has 0 fully saturated rings. The molecule has 9 heteroatoms. The molecular weight excluding hydrogens is 622 g/mol. The SMILES string of the molecule is CCCCC1=[C-]CC=C1.CCCCC1=[C-]CC=C1.Oc1cccc(C(F)(F)F)c1.Oc1cccc(C(F)(F)F)c1.[Zr+2]. The fourth-order valence-electron chi connectivity index (χ4n) is 3.34. The minimum absolute atomic E-state index is 0. The Bertz CT molecular complexity index is 1040. The molecule has 2 aliphatic carbocycles. The summed E-state index contributed by atoms with van der Waals surface area (Å²) in [6.07, 6.45) is 16.3. The summed E-state index contributed by atoms with van der Waals surface area (Å²) in [5.41, 5.74) is 1.16. The van der Waals surface area contributed by atoms with Crippen LogP contribution in [0.1, 0.15) is 76.3 Å². The Balaban J connectivity index is 0.000000518. The number of unbranched alkanes of at least 4 members (excludes halogenated alkanes) is 2. The minimum Gasteiger partial charge on any atom is -0.508 e. The van der Waals surface area contributed by atoms with Gasteiger partial charge in [0, 0.05) is 0 Å². The third kappa shape index (κ3) is 17.8. The summed E-state index contributed by atoms with van der Waals surface area (Å²) in [7, 11) is 0. The van der Waals surface area contributed by atoms with Gasteiger partial charge < -0.3 is 10.2 Å². The molecule has 0 aromatic heterocycles. The van der Waals surface area contributed by atoms with Gasteiger partial charge in [-0.2, -0.15) is 38.5 Å². The van der Waals surface area contributed by atoms with Gasteiger partial charge >= 0.3 is 38.6 Å². The smallest absolute Gasteiger partial charge is 0.508 e. The number of hydrogen-bond donors (Lipinski definition) is 2. The quantitative estimate of drug-likeness (QED) is 0.240. The summed E-state index contributed by atoms with van der Waals surface area (Å²) in [5, 5.41) is 17.4. The maximum Gasteiger partial charge on any atom is 2.00 e. The van der Waals surface area contributed by atoms with Crippen LogP contribution >= 0.6 is 0 Å². The van der Waals surface area contributed by atoms with E-state index < -0.39 is 23.5 Å². The van der Waals surface area contributed by atoms with Gasteiger partial charge in [0.2, 0.25) is 0 Å². The molecule has 222 valence electrons. The monoisotopic (exact) mass is 656 g/mol. The first-order valence-corrected chi connectivity index (χ1v) is 13.1. The summed E-state index contributed by atoms with van der Waals surface area (Å²) in [4.78, 5) is 0. The first kappa shape index (κ1) is 38.5. The van der Waals surface area contributed by atoms with E-state index in [0.29, 0.717) is 12.1 Å². The van der Waals surface area contributed by atoms with Crippen molar-refractivity contribution in [3.63, 3.8) is 0 Å². The standard InChI is InChI=1S/2C9H13.2C7H5F3O.Zr/c2*1-2-3-6-9-7-4-5-8-9;2*8-7(9,10)5-2-1-3-6(11)4-5;/h2*4,7H,2-3,5-6H2,1H3;2*1-4,11H;/q2*-1;;;+2. The molecule has 0 saturated carbocycles. The third-order valence-electron chi connectivity index (χ3n) is 5.48. The topological polar surface area (TPSA) is 40.5 Å². The predicted molar refractivity (Wildman–Crippen MR) is 146 cm³/mol. The van der Waals surface area contributed by atoms with Crippen molar-refractivity contribution in [3.8, 4) is 11.5 Å². The maximum atomic E-state index is 11.9. The van der Waals surface area contributed by atoms with Crippen LogP contribution in [-0.4, -0.2) is 10.2 Å². The van der Waals surface area contributed by atoms with Crippen LogP contribution in [0, 0.1) is 12.2 Å². The van der Waals surface area contributed by atoms with Crippen LogP contribution in [-0.2, 0) is 38.6 Å². The minimum atomic E-state index is -4.38. The maximum absolute atomic E-state index is 11.9. The van der Waals surface area contributed by atoms with E-state index >= 15 is 0 Å². The summed E-state index contributed by atoms with van der Waals surface area (Å²) in [6.45, 7) is 4.44. The molecule has 0 radical (unpaired) electrons. The van der Waals surface area contributed by atoms with Gasteiger partial charge in [0.05, 0.1) is 11.1 Å². The normalized spacial score (nSPS) is 13.4. The molecular formula is C32H36F6O2Zr. The number of alkyl halides is 6. The Morgan fingerprint density at radius 2 is 1.02 bits per heavy atom. The van der Waals surface area contributed by atoms with Gasteiger partial charge in [-0.1, -0.05) is 64.5 Å². The average molecular weight is 658 g/mol. The van der Waals surface area contributed by atoms with E-state index in [1.165, 1.54) is 61.8 Å². The molecule has 2 aromatic rings. The van der Waals surface area contributed by atoms with E-state index in [1.54, 1.807) is 0 Å². The number of rotatable bonds is 6. The van der Waals surface area contributed by atoms with Gasteiger partial charge in [0.15, 0.2) is 0 Å². The second-order valence-corrected chi connectivity index (χ2v) is 8.92. The van der Waals surface area contributed by atoms with Crippen LogP contribution in [0.2, 0.25) is 0 Å². The van der Waals surface area contributed by atoms with E-state index in [0.717, 1.165) is 37.1 Å². The average Bonchev–Trinajstić information content (AvgIpc) is 3.61. The van der Waals surface area contributed by atoms with Gasteiger partial charge in [0.1, 0.15) is 11.5 Å². The van der Waals surface area contributed by atoms with Crippen LogP contribution < -0.4 is 0 Å². The second-order valence-electron chi connectivity index (χ2n) is 8.92. The second kappa shape index (κ2) is 20.4. The summed E-state index contributed by atoms with van der Waals surface area (Å²) >= 11 is 0.